The summed E-state index contributed by atoms with van der Waals surface area (Å²) in [5.41, 5.74) is 3.39. The van der Waals surface area contributed by atoms with Gasteiger partial charge < -0.3 is 15.7 Å². The van der Waals surface area contributed by atoms with Crippen molar-refractivity contribution in [3.05, 3.63) is 58.4 Å². The van der Waals surface area contributed by atoms with Crippen LogP contribution in [0.1, 0.15) is 16.7 Å². The van der Waals surface area contributed by atoms with Gasteiger partial charge >= 0.3 is 6.03 Å². The van der Waals surface area contributed by atoms with Gasteiger partial charge in [0.2, 0.25) is 0 Å². The molecule has 3 N–H and O–H groups in total. The topological polar surface area (TPSA) is 74.2 Å². The van der Waals surface area contributed by atoms with Crippen LogP contribution < -0.4 is 10.6 Å². The van der Waals surface area contributed by atoms with Crippen molar-refractivity contribution in [2.45, 2.75) is 20.0 Å². The number of urea groups is 1. The van der Waals surface area contributed by atoms with E-state index in [4.69, 9.17) is 16.7 Å². The molecule has 0 fully saturated rings. The lowest BCUT2D eigenvalue weighted by molar-refractivity contribution is 0.252. The van der Waals surface area contributed by atoms with E-state index in [2.05, 4.69) is 15.6 Å². The second kappa shape index (κ2) is 7.77. The molecule has 1 aromatic heterocycles. The highest BCUT2D eigenvalue weighted by atomic mass is 35.5. The second-order valence-electron chi connectivity index (χ2n) is 4.94. The molecular formula is C16H18ClN3O2. The number of carbonyl (C=O) groups is 1. The van der Waals surface area contributed by atoms with Gasteiger partial charge in [0.25, 0.3) is 0 Å². The van der Waals surface area contributed by atoms with E-state index in [1.807, 2.05) is 31.2 Å². The van der Waals surface area contributed by atoms with Crippen LogP contribution in [0, 0.1) is 6.92 Å². The maximum Gasteiger partial charge on any atom is 0.319 e. The van der Waals surface area contributed by atoms with Crippen LogP contribution in [0.4, 0.5) is 10.5 Å². The highest BCUT2D eigenvalue weighted by Crippen LogP contribution is 2.15. The Kier molecular flexibility index (Phi) is 5.75. The minimum absolute atomic E-state index is 0.0372. The van der Waals surface area contributed by atoms with Crippen molar-refractivity contribution in [3.8, 4) is 0 Å². The number of aryl methyl sites for hydroxylation is 1. The van der Waals surface area contributed by atoms with Crippen LogP contribution in [-0.2, 0) is 13.0 Å². The molecule has 0 radical (unpaired) electrons. The standard InChI is InChI=1S/C16H18ClN3O2/c1-11-8-14(9-19-15(11)17)20-16(22)18-7-6-12-2-4-13(10-21)5-3-12/h2-5,8-9,21H,6-7,10H2,1H3,(H2,18,20,22). The van der Waals surface area contributed by atoms with Crippen molar-refractivity contribution in [2.75, 3.05) is 11.9 Å². The summed E-state index contributed by atoms with van der Waals surface area (Å²) in [6.07, 6.45) is 2.24. The molecule has 0 aliphatic heterocycles. The minimum Gasteiger partial charge on any atom is -0.392 e. The van der Waals surface area contributed by atoms with Gasteiger partial charge in [-0.25, -0.2) is 9.78 Å². The van der Waals surface area contributed by atoms with Crippen LogP contribution in [0.25, 0.3) is 0 Å². The molecule has 6 heteroatoms. The maximum atomic E-state index is 11.8. The quantitative estimate of drug-likeness (QED) is 0.742. The van der Waals surface area contributed by atoms with Crippen molar-refractivity contribution in [3.63, 3.8) is 0 Å². The van der Waals surface area contributed by atoms with Crippen LogP contribution in [-0.4, -0.2) is 22.7 Å². The van der Waals surface area contributed by atoms with E-state index in [9.17, 15) is 4.79 Å². The van der Waals surface area contributed by atoms with E-state index in [-0.39, 0.29) is 12.6 Å². The Hall–Kier alpha value is -2.11. The first-order valence-corrected chi connectivity index (χ1v) is 7.32. The van der Waals surface area contributed by atoms with Crippen LogP contribution in [0.15, 0.2) is 36.5 Å². The largest absolute Gasteiger partial charge is 0.392 e. The summed E-state index contributed by atoms with van der Waals surface area (Å²) in [7, 11) is 0. The Morgan fingerprint density at radius 1 is 1.27 bits per heavy atom. The second-order valence-corrected chi connectivity index (χ2v) is 5.30. The summed E-state index contributed by atoms with van der Waals surface area (Å²) in [6.45, 7) is 2.38. The molecule has 1 heterocycles. The first kappa shape index (κ1) is 16.3. The third-order valence-electron chi connectivity index (χ3n) is 3.18. The van der Waals surface area contributed by atoms with Gasteiger partial charge in [-0.3, -0.25) is 0 Å². The van der Waals surface area contributed by atoms with Gasteiger partial charge in [0.1, 0.15) is 5.15 Å². The van der Waals surface area contributed by atoms with Crippen molar-refractivity contribution in [2.24, 2.45) is 0 Å². The van der Waals surface area contributed by atoms with E-state index in [0.29, 0.717) is 17.4 Å². The van der Waals surface area contributed by atoms with E-state index in [0.717, 1.165) is 23.1 Å². The van der Waals surface area contributed by atoms with Gasteiger partial charge in [0.15, 0.2) is 0 Å². The van der Waals surface area contributed by atoms with E-state index in [1.165, 1.54) is 6.20 Å². The molecule has 2 aromatic rings. The Morgan fingerprint density at radius 3 is 2.59 bits per heavy atom. The molecule has 0 aliphatic carbocycles. The summed E-state index contributed by atoms with van der Waals surface area (Å²) < 4.78 is 0. The highest BCUT2D eigenvalue weighted by molar-refractivity contribution is 6.30. The van der Waals surface area contributed by atoms with E-state index in [1.54, 1.807) is 6.07 Å². The summed E-state index contributed by atoms with van der Waals surface area (Å²) in [5.74, 6) is 0. The molecule has 22 heavy (non-hydrogen) atoms. The summed E-state index contributed by atoms with van der Waals surface area (Å²) in [5, 5.41) is 14.9. The summed E-state index contributed by atoms with van der Waals surface area (Å²) in [4.78, 5) is 15.8. The van der Waals surface area contributed by atoms with Crippen LogP contribution in [0.2, 0.25) is 5.15 Å². The van der Waals surface area contributed by atoms with Gasteiger partial charge in [-0.15, -0.1) is 0 Å². The minimum atomic E-state index is -0.282. The number of anilines is 1. The number of hydrogen-bond acceptors (Lipinski definition) is 3. The molecular weight excluding hydrogens is 302 g/mol. The van der Waals surface area contributed by atoms with Gasteiger partial charge in [0.05, 0.1) is 18.5 Å². The molecule has 0 atom stereocenters. The van der Waals surface area contributed by atoms with E-state index >= 15 is 0 Å². The maximum absolute atomic E-state index is 11.8. The predicted octanol–water partition coefficient (Wildman–Crippen LogP) is 2.90. The van der Waals surface area contributed by atoms with Gasteiger partial charge in [0, 0.05) is 6.54 Å². The summed E-state index contributed by atoms with van der Waals surface area (Å²) in [6, 6.07) is 9.11. The fourth-order valence-corrected chi connectivity index (χ4v) is 2.04. The average Bonchev–Trinajstić information content (AvgIpc) is 2.51. The van der Waals surface area contributed by atoms with Crippen LogP contribution in [0.3, 0.4) is 0 Å². The Morgan fingerprint density at radius 2 is 1.95 bits per heavy atom. The third-order valence-corrected chi connectivity index (χ3v) is 3.57. The van der Waals surface area contributed by atoms with Gasteiger partial charge in [-0.1, -0.05) is 35.9 Å². The molecule has 116 valence electrons. The monoisotopic (exact) mass is 319 g/mol. The SMILES string of the molecule is Cc1cc(NC(=O)NCCc2ccc(CO)cc2)cnc1Cl. The molecule has 0 aliphatic rings. The number of aromatic nitrogens is 1. The number of amides is 2. The predicted molar refractivity (Wildman–Crippen MR) is 87.1 cm³/mol. The van der Waals surface area contributed by atoms with Crippen molar-refractivity contribution < 1.29 is 9.90 Å². The highest BCUT2D eigenvalue weighted by Gasteiger charge is 2.04. The number of aliphatic hydroxyl groups is 1. The molecule has 5 nitrogen and oxygen atoms in total. The first-order chi connectivity index (χ1) is 10.6. The smallest absolute Gasteiger partial charge is 0.319 e. The number of rotatable bonds is 5. The first-order valence-electron chi connectivity index (χ1n) is 6.94. The van der Waals surface area contributed by atoms with E-state index < -0.39 is 0 Å². The number of aliphatic hydroxyl groups excluding tert-OH is 1. The number of carbonyl (C=O) groups excluding carboxylic acids is 1. The van der Waals surface area contributed by atoms with Crippen molar-refractivity contribution in [1.82, 2.24) is 10.3 Å². The summed E-state index contributed by atoms with van der Waals surface area (Å²) >= 11 is 5.84. The third kappa shape index (κ3) is 4.72. The molecule has 0 saturated carbocycles. The lowest BCUT2D eigenvalue weighted by Crippen LogP contribution is -2.30. The molecule has 0 spiro atoms. The zero-order chi connectivity index (χ0) is 15.9. The van der Waals surface area contributed by atoms with Crippen LogP contribution in [0.5, 0.6) is 0 Å². The number of nitrogens with zero attached hydrogens (tertiary/aromatic N) is 1. The number of hydrogen-bond donors (Lipinski definition) is 3. The average molecular weight is 320 g/mol. The zero-order valence-corrected chi connectivity index (χ0v) is 13.0. The van der Waals surface area contributed by atoms with Gasteiger partial charge in [-0.05, 0) is 36.1 Å². The van der Waals surface area contributed by atoms with Crippen molar-refractivity contribution >= 4 is 23.3 Å². The normalized spacial score (nSPS) is 10.3. The van der Waals surface area contributed by atoms with Crippen molar-refractivity contribution in [1.29, 1.82) is 0 Å². The van der Waals surface area contributed by atoms with Gasteiger partial charge in [-0.2, -0.15) is 0 Å². The fourth-order valence-electron chi connectivity index (χ4n) is 1.93. The lowest BCUT2D eigenvalue weighted by Gasteiger charge is -2.08. The Bertz CT molecular complexity index is 644. The zero-order valence-electron chi connectivity index (χ0n) is 12.3. The molecule has 0 saturated heterocycles. The number of nitrogens with one attached hydrogen (secondary N) is 2. The lowest BCUT2D eigenvalue weighted by atomic mass is 10.1. The molecule has 2 rings (SSSR count). The van der Waals surface area contributed by atoms with Crippen LogP contribution >= 0.6 is 11.6 Å². The number of halogens is 1. The molecule has 0 bridgehead atoms. The number of pyridine rings is 1. The number of benzene rings is 1. The molecule has 0 unspecified atom stereocenters. The Balaban J connectivity index is 1.78. The molecule has 2 amide bonds. The molecule has 1 aromatic carbocycles. The Labute approximate surface area is 134 Å². The fraction of sp³-hybridized carbons (Fsp3) is 0.250.